The number of piperidine rings is 1. The molecule has 4 heterocycles. The molecule has 7 rings (SSSR count). The standard InChI is InChI=1S/C38H46N8O3S/c1-38(2,3)33-23-35(46(43-33)27-11-9-10-26(22-27)25-49-21-20-47)40-36(48)39-31-15-16-32(30-13-6-5-12-29(30)31)50-28-14-17-34-41-42-37(45(34)24-28)44-18-7-4-8-19-44/h5-6,9-14,17,22-24,31-32,47H,4,7-8,15-16,18-21,25H2,1-3H3,(H2,39,40,48)/t31-,32?/m0/s1. The minimum absolute atomic E-state index is 0.0257. The number of nitrogens with one attached hydrogen (secondary N) is 2. The summed E-state index contributed by atoms with van der Waals surface area (Å²) in [5.41, 5.74) is 5.67. The Hall–Kier alpha value is -4.39. The molecular weight excluding hydrogens is 649 g/mol. The Bertz CT molecular complexity index is 1940. The number of anilines is 2. The number of ether oxygens (including phenoxy) is 1. The molecule has 2 atom stereocenters. The molecule has 2 amide bonds. The maximum atomic E-state index is 13.7. The van der Waals surface area contributed by atoms with Gasteiger partial charge in [-0.15, -0.1) is 22.0 Å². The second-order valence-corrected chi connectivity index (χ2v) is 15.4. The van der Waals surface area contributed by atoms with Crippen LogP contribution in [0.15, 0.2) is 77.8 Å². The number of amides is 2. The van der Waals surface area contributed by atoms with Crippen LogP contribution in [0.4, 0.5) is 16.6 Å². The summed E-state index contributed by atoms with van der Waals surface area (Å²) in [6.07, 6.45) is 7.56. The van der Waals surface area contributed by atoms with Crippen LogP contribution in [-0.2, 0) is 16.8 Å². The van der Waals surface area contributed by atoms with E-state index in [2.05, 4.69) is 93.5 Å². The molecule has 5 aromatic rings. The number of urea groups is 1. The molecule has 262 valence electrons. The van der Waals surface area contributed by atoms with E-state index in [1.807, 2.05) is 42.1 Å². The number of carbonyl (C=O) groups excluding carboxylic acids is 1. The first-order chi connectivity index (χ1) is 24.3. The van der Waals surface area contributed by atoms with Gasteiger partial charge in [-0.3, -0.25) is 9.72 Å². The summed E-state index contributed by atoms with van der Waals surface area (Å²) in [6.45, 7) is 8.98. The van der Waals surface area contributed by atoms with Gasteiger partial charge in [0.05, 0.1) is 37.2 Å². The maximum absolute atomic E-state index is 13.7. The average molecular weight is 695 g/mol. The molecule has 1 unspecified atom stereocenters. The van der Waals surface area contributed by atoms with Crippen molar-refractivity contribution in [2.24, 2.45) is 0 Å². The Balaban J connectivity index is 1.07. The third kappa shape index (κ3) is 7.52. The van der Waals surface area contributed by atoms with E-state index in [-0.39, 0.29) is 36.0 Å². The van der Waals surface area contributed by atoms with Gasteiger partial charge in [0.1, 0.15) is 5.82 Å². The first-order valence-corrected chi connectivity index (χ1v) is 18.5. The summed E-state index contributed by atoms with van der Waals surface area (Å²) in [7, 11) is 0. The van der Waals surface area contributed by atoms with Gasteiger partial charge in [0.25, 0.3) is 0 Å². The fourth-order valence-corrected chi connectivity index (χ4v) is 8.04. The minimum Gasteiger partial charge on any atom is -0.394 e. The van der Waals surface area contributed by atoms with Crippen molar-refractivity contribution in [2.75, 3.05) is 36.5 Å². The van der Waals surface area contributed by atoms with Crippen molar-refractivity contribution in [3.8, 4) is 5.69 Å². The lowest BCUT2D eigenvalue weighted by molar-refractivity contribution is 0.0815. The van der Waals surface area contributed by atoms with Gasteiger partial charge < -0.3 is 20.1 Å². The molecule has 1 fully saturated rings. The van der Waals surface area contributed by atoms with E-state index < -0.39 is 0 Å². The molecule has 0 saturated carbocycles. The Kier molecular flexibility index (Phi) is 10.1. The zero-order chi connectivity index (χ0) is 34.7. The predicted molar refractivity (Wildman–Crippen MR) is 197 cm³/mol. The lowest BCUT2D eigenvalue weighted by Crippen LogP contribution is -2.35. The zero-order valence-corrected chi connectivity index (χ0v) is 29.8. The van der Waals surface area contributed by atoms with Gasteiger partial charge in [0, 0.05) is 40.9 Å². The summed E-state index contributed by atoms with van der Waals surface area (Å²) in [6, 6.07) is 22.1. The molecule has 1 saturated heterocycles. The van der Waals surface area contributed by atoms with Gasteiger partial charge in [-0.25, -0.2) is 9.48 Å². The maximum Gasteiger partial charge on any atom is 0.320 e. The third-order valence-corrected chi connectivity index (χ3v) is 10.7. The molecule has 0 spiro atoms. The lowest BCUT2D eigenvalue weighted by Gasteiger charge is -2.32. The number of aliphatic hydroxyl groups excluding tert-OH is 1. The molecular formula is C38H46N8O3S. The van der Waals surface area contributed by atoms with Gasteiger partial charge in [-0.2, -0.15) is 5.10 Å². The van der Waals surface area contributed by atoms with Crippen LogP contribution in [0.1, 0.15) is 86.6 Å². The van der Waals surface area contributed by atoms with E-state index >= 15 is 0 Å². The smallest absolute Gasteiger partial charge is 0.320 e. The lowest BCUT2D eigenvalue weighted by atomic mass is 9.87. The number of benzene rings is 2. The number of thioether (sulfide) groups is 1. The van der Waals surface area contributed by atoms with Gasteiger partial charge >= 0.3 is 6.03 Å². The molecule has 12 heteroatoms. The van der Waals surface area contributed by atoms with Crippen molar-refractivity contribution in [1.29, 1.82) is 0 Å². The van der Waals surface area contributed by atoms with Crippen molar-refractivity contribution in [2.45, 2.75) is 81.1 Å². The highest BCUT2D eigenvalue weighted by molar-refractivity contribution is 7.99. The second kappa shape index (κ2) is 14.8. The fraction of sp³-hybridized carbons (Fsp3) is 0.421. The first-order valence-electron chi connectivity index (χ1n) is 17.6. The molecule has 11 nitrogen and oxygen atoms in total. The third-order valence-electron chi connectivity index (χ3n) is 9.39. The zero-order valence-electron chi connectivity index (χ0n) is 29.0. The Morgan fingerprint density at radius 1 is 0.980 bits per heavy atom. The number of rotatable bonds is 10. The van der Waals surface area contributed by atoms with Crippen LogP contribution in [0, 0.1) is 0 Å². The van der Waals surface area contributed by atoms with Crippen molar-refractivity contribution >= 4 is 35.2 Å². The van der Waals surface area contributed by atoms with Crippen LogP contribution < -0.4 is 15.5 Å². The van der Waals surface area contributed by atoms with Crippen molar-refractivity contribution in [1.82, 2.24) is 29.7 Å². The second-order valence-electron chi connectivity index (χ2n) is 14.1. The van der Waals surface area contributed by atoms with Crippen LogP contribution in [0.25, 0.3) is 11.3 Å². The fourth-order valence-electron chi connectivity index (χ4n) is 6.80. The quantitative estimate of drug-likeness (QED) is 0.131. The van der Waals surface area contributed by atoms with Gasteiger partial charge in [-0.05, 0) is 73.1 Å². The van der Waals surface area contributed by atoms with Crippen molar-refractivity contribution in [3.63, 3.8) is 0 Å². The number of hydrogen-bond donors (Lipinski definition) is 3. The van der Waals surface area contributed by atoms with E-state index in [1.54, 1.807) is 4.68 Å². The molecule has 2 aromatic carbocycles. The number of fused-ring (bicyclic) bond motifs is 2. The molecule has 3 aromatic heterocycles. The first kappa shape index (κ1) is 34.1. The number of aromatic nitrogens is 5. The van der Waals surface area contributed by atoms with E-state index in [9.17, 15) is 4.79 Å². The summed E-state index contributed by atoms with van der Waals surface area (Å²) < 4.78 is 9.45. The number of aliphatic hydroxyl groups is 1. The number of pyridine rings is 1. The molecule has 0 bridgehead atoms. The predicted octanol–water partition coefficient (Wildman–Crippen LogP) is 7.20. The highest BCUT2D eigenvalue weighted by atomic mass is 32.2. The Labute approximate surface area is 297 Å². The van der Waals surface area contributed by atoms with Crippen LogP contribution in [0.3, 0.4) is 0 Å². The summed E-state index contributed by atoms with van der Waals surface area (Å²) in [5, 5.41) is 29.6. The summed E-state index contributed by atoms with van der Waals surface area (Å²) in [4.78, 5) is 17.2. The number of carbonyl (C=O) groups is 1. The van der Waals surface area contributed by atoms with Gasteiger partial charge in [0.2, 0.25) is 5.95 Å². The Morgan fingerprint density at radius 2 is 1.80 bits per heavy atom. The minimum atomic E-state index is -0.275. The van der Waals surface area contributed by atoms with Gasteiger partial charge in [-0.1, -0.05) is 57.2 Å². The van der Waals surface area contributed by atoms with Crippen molar-refractivity contribution in [3.05, 3.63) is 95.3 Å². The van der Waals surface area contributed by atoms with E-state index in [0.29, 0.717) is 12.4 Å². The molecule has 50 heavy (non-hydrogen) atoms. The van der Waals surface area contributed by atoms with Crippen LogP contribution >= 0.6 is 11.8 Å². The van der Waals surface area contributed by atoms with Crippen LogP contribution in [0.5, 0.6) is 0 Å². The monoisotopic (exact) mass is 694 g/mol. The van der Waals surface area contributed by atoms with E-state index in [1.165, 1.54) is 29.7 Å². The number of hydrogen-bond acceptors (Lipinski definition) is 8. The van der Waals surface area contributed by atoms with E-state index in [4.69, 9.17) is 14.9 Å². The normalized spacial score (nSPS) is 17.9. The number of nitrogens with zero attached hydrogens (tertiary/aromatic N) is 6. The molecule has 1 aliphatic heterocycles. The van der Waals surface area contributed by atoms with E-state index in [0.717, 1.165) is 60.0 Å². The summed E-state index contributed by atoms with van der Waals surface area (Å²) >= 11 is 1.86. The molecule has 3 N–H and O–H groups in total. The van der Waals surface area contributed by atoms with Crippen LogP contribution in [-0.4, -0.2) is 61.8 Å². The average Bonchev–Trinajstić information content (AvgIpc) is 3.75. The van der Waals surface area contributed by atoms with Crippen molar-refractivity contribution < 1.29 is 14.6 Å². The molecule has 1 aliphatic carbocycles. The van der Waals surface area contributed by atoms with Gasteiger partial charge in [0.15, 0.2) is 5.65 Å². The summed E-state index contributed by atoms with van der Waals surface area (Å²) in [5.74, 6) is 1.52. The largest absolute Gasteiger partial charge is 0.394 e. The van der Waals surface area contributed by atoms with Crippen LogP contribution in [0.2, 0.25) is 0 Å². The Morgan fingerprint density at radius 3 is 2.60 bits per heavy atom. The highest BCUT2D eigenvalue weighted by Gasteiger charge is 2.30. The molecule has 0 radical (unpaired) electrons. The SMILES string of the molecule is CC(C)(C)c1cc(NC(=O)N[C@H]2CCC(Sc3ccc4nnc(N5CCCCC5)n4c3)c3ccccc32)n(-c2cccc(COCCO)c2)n1. The topological polar surface area (TPSA) is 122 Å². The highest BCUT2D eigenvalue weighted by Crippen LogP contribution is 2.46. The molecule has 2 aliphatic rings.